The van der Waals surface area contributed by atoms with Crippen molar-refractivity contribution in [2.75, 3.05) is 38.6 Å². The number of fused-ring (bicyclic) bond motifs is 2. The van der Waals surface area contributed by atoms with Crippen LogP contribution < -0.4 is 15.5 Å². The minimum absolute atomic E-state index is 0.00726. The summed E-state index contributed by atoms with van der Waals surface area (Å²) in [5, 5.41) is 4.78. The van der Waals surface area contributed by atoms with Crippen molar-refractivity contribution in [1.29, 1.82) is 0 Å². The first-order valence-corrected chi connectivity index (χ1v) is 9.37. The second kappa shape index (κ2) is 7.04. The molecule has 0 atom stereocenters. The largest absolute Gasteiger partial charge is 0.495 e. The van der Waals surface area contributed by atoms with Crippen LogP contribution in [0.5, 0.6) is 5.75 Å². The number of pyridine rings is 1. The maximum absolute atomic E-state index is 13.3. The molecule has 2 aromatic carbocycles. The van der Waals surface area contributed by atoms with Gasteiger partial charge in [0.25, 0.3) is 0 Å². The van der Waals surface area contributed by atoms with Crippen LogP contribution in [0.15, 0.2) is 41.5 Å². The fourth-order valence-corrected chi connectivity index (χ4v) is 3.79. The highest BCUT2D eigenvalue weighted by molar-refractivity contribution is 6.07. The van der Waals surface area contributed by atoms with Crippen molar-refractivity contribution in [3.63, 3.8) is 0 Å². The second-order valence-corrected chi connectivity index (χ2v) is 6.61. The number of likely N-dealkylation sites (N-methyl/N-ethyl adjacent to an activating group) is 1. The molecule has 0 amide bonds. The summed E-state index contributed by atoms with van der Waals surface area (Å²) in [5.74, 6) is 0.672. The number of hydrogen-bond acceptors (Lipinski definition) is 5. The zero-order valence-corrected chi connectivity index (χ0v) is 16.0. The van der Waals surface area contributed by atoms with Crippen molar-refractivity contribution in [3.05, 3.63) is 46.9 Å². The van der Waals surface area contributed by atoms with Gasteiger partial charge in [-0.15, -0.1) is 0 Å². The van der Waals surface area contributed by atoms with Gasteiger partial charge in [0.1, 0.15) is 17.6 Å². The summed E-state index contributed by atoms with van der Waals surface area (Å²) in [6.45, 7) is 8.07. The van der Waals surface area contributed by atoms with Crippen LogP contribution in [0.2, 0.25) is 0 Å². The third-order valence-corrected chi connectivity index (χ3v) is 5.28. The summed E-state index contributed by atoms with van der Waals surface area (Å²) >= 11 is 0. The molecule has 4 aromatic rings. The highest BCUT2D eigenvalue weighted by Crippen LogP contribution is 2.31. The van der Waals surface area contributed by atoms with E-state index in [9.17, 15) is 4.79 Å². The van der Waals surface area contributed by atoms with Gasteiger partial charge in [-0.25, -0.2) is 4.98 Å². The monoisotopic (exact) mass is 364 g/mol. The lowest BCUT2D eigenvalue weighted by molar-refractivity contribution is 0.316. The zero-order chi connectivity index (χ0) is 19.0. The molecule has 2 aromatic heterocycles. The molecule has 0 saturated heterocycles. The van der Waals surface area contributed by atoms with Crippen LogP contribution >= 0.6 is 0 Å². The van der Waals surface area contributed by atoms with Crippen LogP contribution in [-0.4, -0.2) is 47.6 Å². The standard InChI is InChI=1S/C21H24N4O2/c1-4-24(5-2)12-11-22-15-9-10-16-20-18(15)21(26)14-7-6-8-17(27-3)19(14)25(20)13-23-16/h6-10,13,22H,4-5,11-12H2,1-3H3. The Morgan fingerprint density at radius 2 is 1.96 bits per heavy atom. The molecule has 0 radical (unpaired) electrons. The lowest BCUT2D eigenvalue weighted by Gasteiger charge is -2.19. The molecule has 0 fully saturated rings. The summed E-state index contributed by atoms with van der Waals surface area (Å²) in [7, 11) is 1.62. The van der Waals surface area contributed by atoms with Gasteiger partial charge in [-0.2, -0.15) is 0 Å². The lowest BCUT2D eigenvalue weighted by Crippen LogP contribution is -2.28. The number of rotatable bonds is 7. The minimum atomic E-state index is 0.00726. The molecule has 2 heterocycles. The predicted octanol–water partition coefficient (Wildman–Crippen LogP) is 3.20. The SMILES string of the molecule is CCN(CC)CCNc1ccc2ncn3c4c(OC)cccc4c(=O)c1c23. The highest BCUT2D eigenvalue weighted by Gasteiger charge is 2.18. The summed E-state index contributed by atoms with van der Waals surface area (Å²) < 4.78 is 7.47. The number of ether oxygens (including phenoxy) is 1. The fourth-order valence-electron chi connectivity index (χ4n) is 3.79. The minimum Gasteiger partial charge on any atom is -0.495 e. The molecule has 0 unspecified atom stereocenters. The Morgan fingerprint density at radius 1 is 1.15 bits per heavy atom. The normalized spacial score (nSPS) is 11.9. The van der Waals surface area contributed by atoms with E-state index in [0.29, 0.717) is 16.5 Å². The maximum Gasteiger partial charge on any atom is 0.199 e. The van der Waals surface area contributed by atoms with Crippen molar-refractivity contribution < 1.29 is 4.74 Å². The Hall–Kier alpha value is -2.86. The maximum atomic E-state index is 13.3. The van der Waals surface area contributed by atoms with Crippen molar-refractivity contribution in [2.24, 2.45) is 0 Å². The molecule has 4 rings (SSSR count). The zero-order valence-electron chi connectivity index (χ0n) is 16.0. The Kier molecular flexibility index (Phi) is 4.58. The van der Waals surface area contributed by atoms with Gasteiger partial charge in [0.2, 0.25) is 0 Å². The van der Waals surface area contributed by atoms with E-state index in [4.69, 9.17) is 4.74 Å². The fraction of sp³-hybridized carbons (Fsp3) is 0.333. The third-order valence-electron chi connectivity index (χ3n) is 5.28. The smallest absolute Gasteiger partial charge is 0.199 e. The van der Waals surface area contributed by atoms with Crippen molar-refractivity contribution in [2.45, 2.75) is 13.8 Å². The van der Waals surface area contributed by atoms with Crippen LogP contribution in [0.25, 0.3) is 27.3 Å². The Labute approximate surface area is 157 Å². The number of hydrogen-bond donors (Lipinski definition) is 1. The average Bonchev–Trinajstić information content (AvgIpc) is 3.13. The van der Waals surface area contributed by atoms with Gasteiger partial charge in [-0.05, 0) is 37.4 Å². The molecule has 0 saturated carbocycles. The number of anilines is 1. The van der Waals surface area contributed by atoms with Gasteiger partial charge in [0.05, 0.1) is 28.9 Å². The molecule has 6 nitrogen and oxygen atoms in total. The Morgan fingerprint density at radius 3 is 2.70 bits per heavy atom. The molecule has 1 N–H and O–H groups in total. The lowest BCUT2D eigenvalue weighted by atomic mass is 10.1. The number of para-hydroxylation sites is 1. The Bertz CT molecular complexity index is 1150. The number of benzene rings is 2. The van der Waals surface area contributed by atoms with E-state index in [2.05, 4.69) is 29.0 Å². The predicted molar refractivity (Wildman–Crippen MR) is 110 cm³/mol. The third kappa shape index (κ3) is 2.77. The van der Waals surface area contributed by atoms with Crippen LogP contribution in [0.1, 0.15) is 13.8 Å². The van der Waals surface area contributed by atoms with Gasteiger partial charge in [-0.3, -0.25) is 9.20 Å². The van der Waals surface area contributed by atoms with Crippen molar-refractivity contribution >= 4 is 33.0 Å². The average molecular weight is 364 g/mol. The summed E-state index contributed by atoms with van der Waals surface area (Å²) in [4.78, 5) is 20.2. The molecular formula is C21H24N4O2. The topological polar surface area (TPSA) is 58.9 Å². The molecule has 0 bridgehead atoms. The number of methoxy groups -OCH3 is 1. The molecule has 0 aliphatic rings. The number of nitrogens with zero attached hydrogens (tertiary/aromatic N) is 3. The van der Waals surface area contributed by atoms with Gasteiger partial charge in [-0.1, -0.05) is 19.9 Å². The molecular weight excluding hydrogens is 340 g/mol. The van der Waals surface area contributed by atoms with Gasteiger partial charge in [0, 0.05) is 18.8 Å². The van der Waals surface area contributed by atoms with E-state index >= 15 is 0 Å². The van der Waals surface area contributed by atoms with Crippen molar-refractivity contribution in [3.8, 4) is 5.75 Å². The first kappa shape index (κ1) is 17.5. The highest BCUT2D eigenvalue weighted by atomic mass is 16.5. The van der Waals surface area contributed by atoms with E-state index < -0.39 is 0 Å². The van der Waals surface area contributed by atoms with Crippen molar-refractivity contribution in [1.82, 2.24) is 14.3 Å². The van der Waals surface area contributed by atoms with Gasteiger partial charge in [0.15, 0.2) is 5.43 Å². The Balaban J connectivity index is 1.89. The van der Waals surface area contributed by atoms with E-state index in [0.717, 1.165) is 48.4 Å². The molecule has 140 valence electrons. The number of imidazole rings is 1. The van der Waals surface area contributed by atoms with Crippen LogP contribution in [-0.2, 0) is 0 Å². The van der Waals surface area contributed by atoms with Crippen LogP contribution in [0, 0.1) is 0 Å². The quantitative estimate of drug-likeness (QED) is 0.510. The summed E-state index contributed by atoms with van der Waals surface area (Å²) in [6, 6.07) is 9.49. The summed E-state index contributed by atoms with van der Waals surface area (Å²) in [6.07, 6.45) is 1.77. The summed E-state index contributed by atoms with van der Waals surface area (Å²) in [5.41, 5.74) is 3.28. The van der Waals surface area contributed by atoms with Crippen LogP contribution in [0.4, 0.5) is 5.69 Å². The van der Waals surface area contributed by atoms with E-state index in [1.807, 2.05) is 34.7 Å². The first-order chi connectivity index (χ1) is 13.2. The number of aromatic nitrogens is 2. The first-order valence-electron chi connectivity index (χ1n) is 9.37. The van der Waals surface area contributed by atoms with E-state index in [1.165, 1.54) is 0 Å². The second-order valence-electron chi connectivity index (χ2n) is 6.61. The number of nitrogens with one attached hydrogen (secondary N) is 1. The molecule has 0 aliphatic carbocycles. The molecule has 0 spiro atoms. The molecule has 6 heteroatoms. The van der Waals surface area contributed by atoms with E-state index in [1.54, 1.807) is 13.4 Å². The molecule has 27 heavy (non-hydrogen) atoms. The van der Waals surface area contributed by atoms with E-state index in [-0.39, 0.29) is 5.43 Å². The van der Waals surface area contributed by atoms with Gasteiger partial charge >= 0.3 is 0 Å². The molecule has 0 aliphatic heterocycles. The van der Waals surface area contributed by atoms with Gasteiger partial charge < -0.3 is 15.0 Å². The van der Waals surface area contributed by atoms with Crippen LogP contribution in [0.3, 0.4) is 0 Å².